The average molecular weight is 228 g/mol. The SMILES string of the molecule is CC(C)CCC(C)NC(=O)C(N)CC(C)C. The van der Waals surface area contributed by atoms with Crippen LogP contribution in [-0.2, 0) is 4.79 Å². The number of hydrogen-bond acceptors (Lipinski definition) is 2. The zero-order chi connectivity index (χ0) is 12.7. The maximum absolute atomic E-state index is 11.7. The first-order valence-electron chi connectivity index (χ1n) is 6.38. The van der Waals surface area contributed by atoms with E-state index in [0.717, 1.165) is 19.3 Å². The van der Waals surface area contributed by atoms with Crippen LogP contribution in [0, 0.1) is 11.8 Å². The lowest BCUT2D eigenvalue weighted by molar-refractivity contribution is -0.123. The molecule has 0 aromatic heterocycles. The molecule has 2 atom stereocenters. The van der Waals surface area contributed by atoms with E-state index in [4.69, 9.17) is 5.73 Å². The zero-order valence-electron chi connectivity index (χ0n) is 11.4. The van der Waals surface area contributed by atoms with Gasteiger partial charge in [-0.25, -0.2) is 0 Å². The van der Waals surface area contributed by atoms with Gasteiger partial charge in [-0.2, -0.15) is 0 Å². The molecule has 0 rings (SSSR count). The van der Waals surface area contributed by atoms with Gasteiger partial charge in [0.2, 0.25) is 5.91 Å². The van der Waals surface area contributed by atoms with E-state index >= 15 is 0 Å². The molecule has 0 bridgehead atoms. The van der Waals surface area contributed by atoms with Crippen LogP contribution in [0.3, 0.4) is 0 Å². The Hall–Kier alpha value is -0.570. The number of nitrogens with one attached hydrogen (secondary N) is 1. The summed E-state index contributed by atoms with van der Waals surface area (Å²) in [6.45, 7) is 10.6. The van der Waals surface area contributed by atoms with Crippen molar-refractivity contribution in [3.05, 3.63) is 0 Å². The van der Waals surface area contributed by atoms with E-state index in [2.05, 4.69) is 33.0 Å². The monoisotopic (exact) mass is 228 g/mol. The quantitative estimate of drug-likeness (QED) is 0.702. The van der Waals surface area contributed by atoms with Crippen LogP contribution in [0.15, 0.2) is 0 Å². The Labute approximate surface area is 100 Å². The molecule has 0 saturated heterocycles. The molecule has 96 valence electrons. The number of nitrogens with two attached hydrogens (primary N) is 1. The van der Waals surface area contributed by atoms with Crippen LogP contribution in [0.4, 0.5) is 0 Å². The third kappa shape index (κ3) is 7.69. The molecule has 0 aromatic carbocycles. The summed E-state index contributed by atoms with van der Waals surface area (Å²) in [5.74, 6) is 1.14. The second kappa shape index (κ2) is 7.66. The first-order valence-corrected chi connectivity index (χ1v) is 6.38. The predicted molar refractivity (Wildman–Crippen MR) is 69.1 cm³/mol. The largest absolute Gasteiger partial charge is 0.352 e. The lowest BCUT2D eigenvalue weighted by atomic mass is 10.0. The van der Waals surface area contributed by atoms with Gasteiger partial charge in [0, 0.05) is 6.04 Å². The highest BCUT2D eigenvalue weighted by Crippen LogP contribution is 2.07. The fraction of sp³-hybridized carbons (Fsp3) is 0.923. The molecule has 0 heterocycles. The van der Waals surface area contributed by atoms with Gasteiger partial charge in [0.05, 0.1) is 6.04 Å². The summed E-state index contributed by atoms with van der Waals surface area (Å²) in [5.41, 5.74) is 5.81. The highest BCUT2D eigenvalue weighted by atomic mass is 16.2. The molecule has 2 unspecified atom stereocenters. The molecule has 0 fully saturated rings. The minimum atomic E-state index is -0.360. The van der Waals surface area contributed by atoms with Crippen molar-refractivity contribution in [2.24, 2.45) is 17.6 Å². The molecule has 1 amide bonds. The van der Waals surface area contributed by atoms with E-state index in [0.29, 0.717) is 11.8 Å². The summed E-state index contributed by atoms with van der Waals surface area (Å²) < 4.78 is 0. The fourth-order valence-corrected chi connectivity index (χ4v) is 1.62. The molecule has 0 aliphatic heterocycles. The molecule has 0 aromatic rings. The van der Waals surface area contributed by atoms with Gasteiger partial charge in [-0.3, -0.25) is 4.79 Å². The van der Waals surface area contributed by atoms with Crippen molar-refractivity contribution in [2.75, 3.05) is 0 Å². The average Bonchev–Trinajstić information content (AvgIpc) is 2.13. The summed E-state index contributed by atoms with van der Waals surface area (Å²) in [6.07, 6.45) is 2.92. The van der Waals surface area contributed by atoms with Gasteiger partial charge in [0.15, 0.2) is 0 Å². The van der Waals surface area contributed by atoms with E-state index in [9.17, 15) is 4.79 Å². The van der Waals surface area contributed by atoms with Crippen LogP contribution in [0.25, 0.3) is 0 Å². The Morgan fingerprint density at radius 3 is 2.06 bits per heavy atom. The number of amides is 1. The van der Waals surface area contributed by atoms with E-state index in [1.807, 2.05) is 6.92 Å². The highest BCUT2D eigenvalue weighted by molar-refractivity contribution is 5.81. The summed E-state index contributed by atoms with van der Waals surface area (Å²) >= 11 is 0. The van der Waals surface area contributed by atoms with Crippen LogP contribution in [-0.4, -0.2) is 18.0 Å². The molecule has 3 N–H and O–H groups in total. The minimum Gasteiger partial charge on any atom is -0.352 e. The van der Waals surface area contributed by atoms with Crippen molar-refractivity contribution < 1.29 is 4.79 Å². The van der Waals surface area contributed by atoms with Gasteiger partial charge in [-0.05, 0) is 38.0 Å². The molecule has 0 spiro atoms. The second-order valence-corrected chi connectivity index (χ2v) is 5.62. The van der Waals surface area contributed by atoms with Gasteiger partial charge < -0.3 is 11.1 Å². The van der Waals surface area contributed by atoms with Gasteiger partial charge >= 0.3 is 0 Å². The molecule has 3 heteroatoms. The Kier molecular flexibility index (Phi) is 7.39. The van der Waals surface area contributed by atoms with E-state index in [-0.39, 0.29) is 18.0 Å². The van der Waals surface area contributed by atoms with Crippen LogP contribution >= 0.6 is 0 Å². The minimum absolute atomic E-state index is 0.00930. The van der Waals surface area contributed by atoms with E-state index in [1.54, 1.807) is 0 Å². The van der Waals surface area contributed by atoms with Crippen molar-refractivity contribution in [3.8, 4) is 0 Å². The zero-order valence-corrected chi connectivity index (χ0v) is 11.4. The van der Waals surface area contributed by atoms with Crippen molar-refractivity contribution in [1.29, 1.82) is 0 Å². The topological polar surface area (TPSA) is 55.1 Å². The number of carbonyl (C=O) groups excluding carboxylic acids is 1. The fourth-order valence-electron chi connectivity index (χ4n) is 1.62. The summed E-state index contributed by atoms with van der Waals surface area (Å²) in [4.78, 5) is 11.7. The van der Waals surface area contributed by atoms with Crippen LogP contribution in [0.2, 0.25) is 0 Å². The molecule has 0 saturated carbocycles. The van der Waals surface area contributed by atoms with E-state index < -0.39 is 0 Å². The van der Waals surface area contributed by atoms with E-state index in [1.165, 1.54) is 0 Å². The Morgan fingerprint density at radius 1 is 1.06 bits per heavy atom. The summed E-state index contributed by atoms with van der Waals surface area (Å²) in [6, 6.07) is -0.130. The highest BCUT2D eigenvalue weighted by Gasteiger charge is 2.16. The van der Waals surface area contributed by atoms with Gasteiger partial charge in [-0.15, -0.1) is 0 Å². The van der Waals surface area contributed by atoms with Crippen LogP contribution in [0.5, 0.6) is 0 Å². The Balaban J connectivity index is 3.85. The Morgan fingerprint density at radius 2 is 1.62 bits per heavy atom. The first kappa shape index (κ1) is 15.4. The number of rotatable bonds is 7. The predicted octanol–water partition coefficient (Wildman–Crippen LogP) is 2.30. The first-order chi connectivity index (χ1) is 7.32. The normalized spacial score (nSPS) is 15.2. The maximum Gasteiger partial charge on any atom is 0.237 e. The summed E-state index contributed by atoms with van der Waals surface area (Å²) in [5, 5.41) is 2.98. The number of hydrogen-bond donors (Lipinski definition) is 2. The Bertz CT molecular complexity index is 202. The molecule has 3 nitrogen and oxygen atoms in total. The van der Waals surface area contributed by atoms with Crippen molar-refractivity contribution in [2.45, 2.75) is 66.0 Å². The molecule has 16 heavy (non-hydrogen) atoms. The lowest BCUT2D eigenvalue weighted by Crippen LogP contribution is -2.45. The van der Waals surface area contributed by atoms with Crippen molar-refractivity contribution in [3.63, 3.8) is 0 Å². The van der Waals surface area contributed by atoms with Crippen LogP contribution < -0.4 is 11.1 Å². The molecule has 0 aliphatic carbocycles. The van der Waals surface area contributed by atoms with Gasteiger partial charge in [-0.1, -0.05) is 27.7 Å². The summed E-state index contributed by atoms with van der Waals surface area (Å²) in [7, 11) is 0. The molecular formula is C13H28N2O. The molecule has 0 radical (unpaired) electrons. The second-order valence-electron chi connectivity index (χ2n) is 5.62. The van der Waals surface area contributed by atoms with Crippen molar-refractivity contribution in [1.82, 2.24) is 5.32 Å². The van der Waals surface area contributed by atoms with Crippen LogP contribution in [0.1, 0.15) is 53.9 Å². The lowest BCUT2D eigenvalue weighted by Gasteiger charge is -2.19. The standard InChI is InChI=1S/C13H28N2O/c1-9(2)6-7-11(5)15-13(16)12(14)8-10(3)4/h9-12H,6-8,14H2,1-5H3,(H,15,16). The molecule has 0 aliphatic rings. The number of carbonyl (C=O) groups is 1. The van der Waals surface area contributed by atoms with Crippen molar-refractivity contribution >= 4 is 5.91 Å². The maximum atomic E-state index is 11.7. The third-order valence-electron chi connectivity index (χ3n) is 2.63. The molecular weight excluding hydrogens is 200 g/mol. The van der Waals surface area contributed by atoms with Gasteiger partial charge in [0.25, 0.3) is 0 Å². The smallest absolute Gasteiger partial charge is 0.237 e. The van der Waals surface area contributed by atoms with Gasteiger partial charge in [0.1, 0.15) is 0 Å². The third-order valence-corrected chi connectivity index (χ3v) is 2.63.